The highest BCUT2D eigenvalue weighted by Gasteiger charge is 2.38. The second-order valence-electron chi connectivity index (χ2n) is 6.17. The molecule has 2 heterocycles. The van der Waals surface area contributed by atoms with Gasteiger partial charge in [0, 0.05) is 17.6 Å². The number of nitrogens with zero attached hydrogens (tertiary/aromatic N) is 1. The largest absolute Gasteiger partial charge is 0.355 e. The maximum Gasteiger partial charge on any atom is 0.246 e. The molecule has 1 aliphatic rings. The summed E-state index contributed by atoms with van der Waals surface area (Å²) in [6.07, 6.45) is 2.03. The fourth-order valence-corrected chi connectivity index (χ4v) is 6.94. The van der Waals surface area contributed by atoms with Crippen LogP contribution in [0.15, 0.2) is 39.7 Å². The van der Waals surface area contributed by atoms with Gasteiger partial charge in [-0.05, 0) is 43.0 Å². The van der Waals surface area contributed by atoms with Gasteiger partial charge in [0.1, 0.15) is 15.3 Å². The molecule has 0 radical (unpaired) electrons. The molecular weight excluding hydrogens is 495 g/mol. The van der Waals surface area contributed by atoms with Crippen LogP contribution in [0.2, 0.25) is 8.67 Å². The van der Waals surface area contributed by atoms with Gasteiger partial charge in [-0.15, -0.1) is 11.3 Å². The lowest BCUT2D eigenvalue weighted by molar-refractivity contribution is -0.124. The summed E-state index contributed by atoms with van der Waals surface area (Å²) >= 11 is 16.4. The Morgan fingerprint density at radius 2 is 1.93 bits per heavy atom. The van der Waals surface area contributed by atoms with E-state index in [9.17, 15) is 13.2 Å². The number of thiophene rings is 1. The van der Waals surface area contributed by atoms with Gasteiger partial charge in [-0.25, -0.2) is 8.42 Å². The smallest absolute Gasteiger partial charge is 0.246 e. The highest BCUT2D eigenvalue weighted by molar-refractivity contribution is 9.10. The van der Waals surface area contributed by atoms with Crippen molar-refractivity contribution in [2.75, 3.05) is 6.54 Å². The Kier molecular flexibility index (Phi) is 6.87. The van der Waals surface area contributed by atoms with Crippen LogP contribution in [0, 0.1) is 0 Å². The molecule has 3 rings (SSSR count). The molecule has 1 saturated heterocycles. The van der Waals surface area contributed by atoms with E-state index in [2.05, 4.69) is 21.2 Å². The lowest BCUT2D eigenvalue weighted by Crippen LogP contribution is -2.48. The van der Waals surface area contributed by atoms with Crippen LogP contribution >= 0.6 is 50.5 Å². The number of hydrogen-bond donors (Lipinski definition) is 1. The van der Waals surface area contributed by atoms with Gasteiger partial charge in [0.2, 0.25) is 15.9 Å². The summed E-state index contributed by atoms with van der Waals surface area (Å²) in [5, 5.41) is 2.80. The van der Waals surface area contributed by atoms with Crippen LogP contribution < -0.4 is 5.32 Å². The van der Waals surface area contributed by atoms with Gasteiger partial charge < -0.3 is 5.32 Å². The molecule has 1 N–H and O–H groups in total. The van der Waals surface area contributed by atoms with Crippen LogP contribution in [0.1, 0.15) is 24.8 Å². The highest BCUT2D eigenvalue weighted by Crippen LogP contribution is 2.37. The second-order valence-corrected chi connectivity index (χ2v) is 11.2. The number of carbonyl (C=O) groups is 1. The molecule has 2 aromatic rings. The van der Waals surface area contributed by atoms with E-state index in [0.29, 0.717) is 13.0 Å². The number of amides is 1. The number of halogens is 3. The fraction of sp³-hybridized carbons (Fsp3) is 0.353. The van der Waals surface area contributed by atoms with Gasteiger partial charge >= 0.3 is 0 Å². The Hall–Kier alpha value is -0.640. The molecule has 0 bridgehead atoms. The predicted molar refractivity (Wildman–Crippen MR) is 112 cm³/mol. The monoisotopic (exact) mass is 510 g/mol. The quantitative estimate of drug-likeness (QED) is 0.633. The Balaban J connectivity index is 2.04. The molecule has 0 saturated carbocycles. The van der Waals surface area contributed by atoms with Crippen LogP contribution in [-0.2, 0) is 21.4 Å². The minimum atomic E-state index is -4.01. The summed E-state index contributed by atoms with van der Waals surface area (Å²) in [4.78, 5) is 12.5. The minimum absolute atomic E-state index is 0.0617. The zero-order valence-electron chi connectivity index (χ0n) is 14.1. The first-order valence-corrected chi connectivity index (χ1v) is 12.1. The maximum atomic E-state index is 13.4. The van der Waals surface area contributed by atoms with Crippen molar-refractivity contribution in [1.82, 2.24) is 9.62 Å². The third-order valence-electron chi connectivity index (χ3n) is 4.32. The topological polar surface area (TPSA) is 66.5 Å². The van der Waals surface area contributed by atoms with E-state index in [0.717, 1.165) is 34.2 Å². The minimum Gasteiger partial charge on any atom is -0.355 e. The van der Waals surface area contributed by atoms with E-state index in [1.54, 1.807) is 0 Å². The summed E-state index contributed by atoms with van der Waals surface area (Å²) in [5.41, 5.74) is 0.774. The standard InChI is InChI=1S/C17H17BrCl2N2O3S2/c18-12-6-4-11(5-7-12)10-22(13-3-1-2-8-21-17(13)23)27(24,25)14-9-15(19)26-16(14)20/h4-7,9,13H,1-3,8,10H2,(H,21,23)/t13-/m1/s1. The van der Waals surface area contributed by atoms with Crippen LogP contribution in [0.5, 0.6) is 0 Å². The molecule has 1 aliphatic heterocycles. The first-order chi connectivity index (χ1) is 12.8. The summed E-state index contributed by atoms with van der Waals surface area (Å²) in [5.74, 6) is -0.286. The van der Waals surface area contributed by atoms with Gasteiger partial charge in [-0.3, -0.25) is 4.79 Å². The average molecular weight is 512 g/mol. The molecule has 0 aliphatic carbocycles. The number of rotatable bonds is 5. The van der Waals surface area contributed by atoms with Crippen LogP contribution in [0.3, 0.4) is 0 Å². The van der Waals surface area contributed by atoms with Crippen molar-refractivity contribution in [2.24, 2.45) is 0 Å². The summed E-state index contributed by atoms with van der Waals surface area (Å²) in [6, 6.07) is 7.86. The van der Waals surface area contributed by atoms with Crippen molar-refractivity contribution in [2.45, 2.75) is 36.7 Å². The molecule has 5 nitrogen and oxygen atoms in total. The van der Waals surface area contributed by atoms with E-state index >= 15 is 0 Å². The van der Waals surface area contributed by atoms with Crippen molar-refractivity contribution < 1.29 is 13.2 Å². The molecule has 10 heteroatoms. The maximum absolute atomic E-state index is 13.4. The van der Waals surface area contributed by atoms with Crippen molar-refractivity contribution >= 4 is 66.4 Å². The first kappa shape index (κ1) is 21.1. The summed E-state index contributed by atoms with van der Waals surface area (Å²) in [6.45, 7) is 0.615. The molecule has 0 spiro atoms. The Morgan fingerprint density at radius 3 is 2.56 bits per heavy atom. The molecule has 1 amide bonds. The van der Waals surface area contributed by atoms with Crippen molar-refractivity contribution in [1.29, 1.82) is 0 Å². The third kappa shape index (κ3) is 4.86. The van der Waals surface area contributed by atoms with Crippen LogP contribution in [0.25, 0.3) is 0 Å². The van der Waals surface area contributed by atoms with Gasteiger partial charge in [0.15, 0.2) is 0 Å². The third-order valence-corrected chi connectivity index (χ3v) is 8.45. The van der Waals surface area contributed by atoms with Gasteiger partial charge in [-0.1, -0.05) is 51.3 Å². The SMILES string of the molecule is O=C1NCCCC[C@H]1N(Cc1ccc(Br)cc1)S(=O)(=O)c1cc(Cl)sc1Cl. The first-order valence-electron chi connectivity index (χ1n) is 8.28. The normalized spacial score (nSPS) is 18.4. The molecule has 0 unspecified atom stereocenters. The summed E-state index contributed by atoms with van der Waals surface area (Å²) in [7, 11) is -4.01. The number of carbonyl (C=O) groups excluding carboxylic acids is 1. The summed E-state index contributed by atoms with van der Waals surface area (Å²) < 4.78 is 29.3. The van der Waals surface area contributed by atoms with Gasteiger partial charge in [0.25, 0.3) is 0 Å². The lowest BCUT2D eigenvalue weighted by Gasteiger charge is -2.29. The van der Waals surface area contributed by atoms with E-state index in [1.165, 1.54) is 10.4 Å². The molecule has 27 heavy (non-hydrogen) atoms. The fourth-order valence-electron chi connectivity index (χ4n) is 2.96. The van der Waals surface area contributed by atoms with E-state index in [-0.39, 0.29) is 26.0 Å². The van der Waals surface area contributed by atoms with Crippen LogP contribution in [-0.4, -0.2) is 31.2 Å². The molecular formula is C17H17BrCl2N2O3S2. The number of nitrogens with one attached hydrogen (secondary N) is 1. The molecule has 1 aromatic heterocycles. The highest BCUT2D eigenvalue weighted by atomic mass is 79.9. The van der Waals surface area contributed by atoms with E-state index < -0.39 is 16.1 Å². The van der Waals surface area contributed by atoms with Crippen molar-refractivity contribution in [3.8, 4) is 0 Å². The predicted octanol–water partition coefficient (Wildman–Crippen LogP) is 4.68. The van der Waals surface area contributed by atoms with E-state index in [1.807, 2.05) is 24.3 Å². The molecule has 1 aromatic carbocycles. The molecule has 1 atom stereocenters. The number of hydrogen-bond acceptors (Lipinski definition) is 4. The second kappa shape index (κ2) is 8.80. The molecule has 146 valence electrons. The Bertz CT molecular complexity index is 932. The van der Waals surface area contributed by atoms with E-state index in [4.69, 9.17) is 23.2 Å². The lowest BCUT2D eigenvalue weighted by atomic mass is 10.1. The average Bonchev–Trinajstić information content (AvgIpc) is 2.83. The van der Waals surface area contributed by atoms with Gasteiger partial charge in [0.05, 0.1) is 4.34 Å². The Morgan fingerprint density at radius 1 is 1.22 bits per heavy atom. The van der Waals surface area contributed by atoms with Crippen molar-refractivity contribution in [3.05, 3.63) is 49.0 Å². The van der Waals surface area contributed by atoms with Gasteiger partial charge in [-0.2, -0.15) is 4.31 Å². The number of benzene rings is 1. The zero-order valence-corrected chi connectivity index (χ0v) is 18.9. The van der Waals surface area contributed by atoms with Crippen LogP contribution in [0.4, 0.5) is 0 Å². The van der Waals surface area contributed by atoms with Crippen molar-refractivity contribution in [3.63, 3.8) is 0 Å². The molecule has 1 fully saturated rings. The Labute approximate surface area is 180 Å². The zero-order chi connectivity index (χ0) is 19.6. The number of sulfonamides is 1.